The Morgan fingerprint density at radius 3 is 2.29 bits per heavy atom. The lowest BCUT2D eigenvalue weighted by molar-refractivity contribution is -0.138. The maximum absolute atomic E-state index is 10.7. The number of benzene rings is 1. The van der Waals surface area contributed by atoms with Gasteiger partial charge in [0.15, 0.2) is 0 Å². The molecule has 0 aromatic heterocycles. The van der Waals surface area contributed by atoms with E-state index in [1.165, 1.54) is 0 Å². The van der Waals surface area contributed by atoms with Crippen LogP contribution in [0.15, 0.2) is 24.3 Å². The Balaban J connectivity index is 2.66. The van der Waals surface area contributed by atoms with Crippen molar-refractivity contribution in [2.45, 2.75) is 32.2 Å². The molecule has 1 rings (SSSR count). The number of aromatic hydroxyl groups is 1. The molecule has 0 fully saturated rings. The highest BCUT2D eigenvalue weighted by Crippen LogP contribution is 2.28. The van der Waals surface area contributed by atoms with E-state index >= 15 is 0 Å². The molecule has 0 saturated carbocycles. The van der Waals surface area contributed by atoms with Crippen LogP contribution in [0.5, 0.6) is 5.75 Å². The van der Waals surface area contributed by atoms with Gasteiger partial charge in [-0.25, -0.2) is 0 Å². The molecule has 3 unspecified atom stereocenters. The molecule has 0 amide bonds. The number of nitrogens with two attached hydrogens (primary N) is 1. The first-order chi connectivity index (χ1) is 7.91. The van der Waals surface area contributed by atoms with Gasteiger partial charge < -0.3 is 15.9 Å². The number of carboxylic acid groups (broad SMARTS) is 1. The number of carboxylic acids is 1. The Labute approximate surface area is 101 Å². The van der Waals surface area contributed by atoms with Gasteiger partial charge in [0.05, 0.1) is 0 Å². The lowest BCUT2D eigenvalue weighted by atomic mass is 9.85. The van der Waals surface area contributed by atoms with Gasteiger partial charge in [0.25, 0.3) is 0 Å². The van der Waals surface area contributed by atoms with Crippen molar-refractivity contribution in [2.75, 3.05) is 0 Å². The van der Waals surface area contributed by atoms with E-state index in [1.807, 2.05) is 26.0 Å². The zero-order valence-corrected chi connectivity index (χ0v) is 10.1. The molecule has 0 heterocycles. The van der Waals surface area contributed by atoms with E-state index in [4.69, 9.17) is 10.8 Å². The van der Waals surface area contributed by atoms with Crippen LogP contribution in [0.3, 0.4) is 0 Å². The van der Waals surface area contributed by atoms with Crippen LogP contribution >= 0.6 is 0 Å². The zero-order valence-electron chi connectivity index (χ0n) is 10.1. The summed E-state index contributed by atoms with van der Waals surface area (Å²) in [6.07, 6.45) is 0.442. The molecule has 0 saturated heterocycles. The van der Waals surface area contributed by atoms with Gasteiger partial charge in [-0.2, -0.15) is 0 Å². The molecule has 1 aromatic carbocycles. The number of carbonyl (C=O) groups is 1. The molecule has 0 aliphatic carbocycles. The third-order valence-corrected chi connectivity index (χ3v) is 3.22. The van der Waals surface area contributed by atoms with Crippen LogP contribution < -0.4 is 5.73 Å². The van der Waals surface area contributed by atoms with Gasteiger partial charge in [-0.1, -0.05) is 26.0 Å². The first-order valence-electron chi connectivity index (χ1n) is 5.69. The standard InChI is InChI=1S/C13H19NO3/c1-8(7-12(14)13(16)17)9(2)10-3-5-11(15)6-4-10/h3-6,8-9,12,15H,7,14H2,1-2H3,(H,16,17). The molecular formula is C13H19NO3. The summed E-state index contributed by atoms with van der Waals surface area (Å²) in [7, 11) is 0. The van der Waals surface area contributed by atoms with Gasteiger partial charge >= 0.3 is 5.97 Å². The molecule has 0 bridgehead atoms. The molecule has 4 nitrogen and oxygen atoms in total. The third kappa shape index (κ3) is 3.75. The minimum atomic E-state index is -0.963. The summed E-state index contributed by atoms with van der Waals surface area (Å²) in [5.41, 5.74) is 6.59. The van der Waals surface area contributed by atoms with E-state index in [-0.39, 0.29) is 17.6 Å². The number of aliphatic carboxylic acids is 1. The second kappa shape index (κ2) is 5.68. The molecule has 1 aromatic rings. The highest BCUT2D eigenvalue weighted by atomic mass is 16.4. The normalized spacial score (nSPS) is 16.2. The fraction of sp³-hybridized carbons (Fsp3) is 0.462. The predicted molar refractivity (Wildman–Crippen MR) is 65.9 cm³/mol. The van der Waals surface area contributed by atoms with Crippen LogP contribution in [0.4, 0.5) is 0 Å². The molecule has 94 valence electrons. The number of hydrogen-bond donors (Lipinski definition) is 3. The summed E-state index contributed by atoms with van der Waals surface area (Å²) >= 11 is 0. The Hall–Kier alpha value is -1.55. The van der Waals surface area contributed by atoms with Crippen molar-refractivity contribution in [3.63, 3.8) is 0 Å². The zero-order chi connectivity index (χ0) is 13.0. The van der Waals surface area contributed by atoms with Crippen LogP contribution in [0.1, 0.15) is 31.7 Å². The summed E-state index contributed by atoms with van der Waals surface area (Å²) in [5, 5.41) is 18.0. The van der Waals surface area contributed by atoms with Gasteiger partial charge in [-0.05, 0) is 36.0 Å². The molecule has 4 heteroatoms. The van der Waals surface area contributed by atoms with Crippen molar-refractivity contribution in [3.05, 3.63) is 29.8 Å². The lowest BCUT2D eigenvalue weighted by Gasteiger charge is -2.22. The van der Waals surface area contributed by atoms with Crippen LogP contribution in [0.25, 0.3) is 0 Å². The highest BCUT2D eigenvalue weighted by Gasteiger charge is 2.20. The van der Waals surface area contributed by atoms with Crippen LogP contribution in [0, 0.1) is 5.92 Å². The van der Waals surface area contributed by atoms with Gasteiger partial charge in [0.2, 0.25) is 0 Å². The van der Waals surface area contributed by atoms with Crippen LogP contribution in [0.2, 0.25) is 0 Å². The quantitative estimate of drug-likeness (QED) is 0.730. The summed E-state index contributed by atoms with van der Waals surface area (Å²) in [6.45, 7) is 4.02. The maximum Gasteiger partial charge on any atom is 0.320 e. The summed E-state index contributed by atoms with van der Waals surface area (Å²) < 4.78 is 0. The van der Waals surface area contributed by atoms with E-state index in [0.717, 1.165) is 5.56 Å². The predicted octanol–water partition coefficient (Wildman–Crippen LogP) is 1.93. The van der Waals surface area contributed by atoms with Crippen LogP contribution in [-0.2, 0) is 4.79 Å². The fourth-order valence-corrected chi connectivity index (χ4v) is 1.81. The molecule has 0 radical (unpaired) electrons. The van der Waals surface area contributed by atoms with Crippen molar-refractivity contribution in [1.29, 1.82) is 0 Å². The van der Waals surface area contributed by atoms with Gasteiger partial charge in [0.1, 0.15) is 11.8 Å². The molecule has 0 spiro atoms. The minimum absolute atomic E-state index is 0.172. The average Bonchev–Trinajstić information content (AvgIpc) is 2.28. The lowest BCUT2D eigenvalue weighted by Crippen LogP contribution is -2.32. The summed E-state index contributed by atoms with van der Waals surface area (Å²) in [5.74, 6) is -0.350. The van der Waals surface area contributed by atoms with Crippen molar-refractivity contribution >= 4 is 5.97 Å². The van der Waals surface area contributed by atoms with Crippen molar-refractivity contribution in [3.8, 4) is 5.75 Å². The number of phenols is 1. The van der Waals surface area contributed by atoms with Gasteiger partial charge in [-0.3, -0.25) is 4.79 Å². The second-order valence-electron chi connectivity index (χ2n) is 4.54. The molecule has 3 atom stereocenters. The van der Waals surface area contributed by atoms with Gasteiger partial charge in [0, 0.05) is 0 Å². The first-order valence-corrected chi connectivity index (χ1v) is 5.69. The summed E-state index contributed by atoms with van der Waals surface area (Å²) in [4.78, 5) is 10.7. The smallest absolute Gasteiger partial charge is 0.320 e. The largest absolute Gasteiger partial charge is 0.508 e. The Bertz CT molecular complexity index is 375. The van der Waals surface area contributed by atoms with Crippen LogP contribution in [-0.4, -0.2) is 22.2 Å². The molecule has 4 N–H and O–H groups in total. The number of phenolic OH excluding ortho intramolecular Hbond substituents is 1. The van der Waals surface area contributed by atoms with E-state index in [0.29, 0.717) is 6.42 Å². The molecule has 0 aliphatic heterocycles. The highest BCUT2D eigenvalue weighted by molar-refractivity contribution is 5.73. The number of hydrogen-bond acceptors (Lipinski definition) is 3. The van der Waals surface area contributed by atoms with E-state index in [2.05, 4.69) is 0 Å². The topological polar surface area (TPSA) is 83.6 Å². The number of rotatable bonds is 5. The van der Waals surface area contributed by atoms with Crippen molar-refractivity contribution in [2.24, 2.45) is 11.7 Å². The minimum Gasteiger partial charge on any atom is -0.508 e. The maximum atomic E-state index is 10.7. The van der Waals surface area contributed by atoms with E-state index in [1.54, 1.807) is 12.1 Å². The SMILES string of the molecule is CC(CC(N)C(=O)O)C(C)c1ccc(O)cc1. The van der Waals surface area contributed by atoms with Crippen molar-refractivity contribution < 1.29 is 15.0 Å². The third-order valence-electron chi connectivity index (χ3n) is 3.22. The average molecular weight is 237 g/mol. The monoisotopic (exact) mass is 237 g/mol. The molecule has 17 heavy (non-hydrogen) atoms. The summed E-state index contributed by atoms with van der Waals surface area (Å²) in [6, 6.07) is 6.15. The van der Waals surface area contributed by atoms with Gasteiger partial charge in [-0.15, -0.1) is 0 Å². The molecule has 0 aliphatic rings. The Morgan fingerprint density at radius 1 is 1.29 bits per heavy atom. The first kappa shape index (κ1) is 13.5. The fourth-order valence-electron chi connectivity index (χ4n) is 1.81. The van der Waals surface area contributed by atoms with E-state index < -0.39 is 12.0 Å². The Morgan fingerprint density at radius 2 is 1.82 bits per heavy atom. The second-order valence-corrected chi connectivity index (χ2v) is 4.54. The Kier molecular flexibility index (Phi) is 4.52. The van der Waals surface area contributed by atoms with E-state index in [9.17, 15) is 9.90 Å². The molecular weight excluding hydrogens is 218 g/mol. The van der Waals surface area contributed by atoms with Crippen molar-refractivity contribution in [1.82, 2.24) is 0 Å².